The van der Waals surface area contributed by atoms with Gasteiger partial charge in [0.25, 0.3) is 0 Å². The minimum absolute atomic E-state index is 0.0222. The van der Waals surface area contributed by atoms with Crippen molar-refractivity contribution in [1.29, 1.82) is 10.8 Å². The minimum Gasteiger partial charge on any atom is -0.478 e. The van der Waals surface area contributed by atoms with Crippen LogP contribution in [0.3, 0.4) is 0 Å². The predicted molar refractivity (Wildman–Crippen MR) is 94.9 cm³/mol. The summed E-state index contributed by atoms with van der Waals surface area (Å²) >= 11 is 0. The Bertz CT molecular complexity index is 769. The van der Waals surface area contributed by atoms with Crippen molar-refractivity contribution in [1.82, 2.24) is 0 Å². The number of primary amides is 1. The van der Waals surface area contributed by atoms with Gasteiger partial charge in [-0.1, -0.05) is 18.2 Å². The van der Waals surface area contributed by atoms with Crippen LogP contribution in [0.4, 0.5) is 5.69 Å². The van der Waals surface area contributed by atoms with Crippen LogP contribution >= 0.6 is 0 Å². The minimum atomic E-state index is -1.01. The van der Waals surface area contributed by atoms with Crippen LogP contribution in [0.15, 0.2) is 48.5 Å². The van der Waals surface area contributed by atoms with Crippen LogP contribution < -0.4 is 22.5 Å². The summed E-state index contributed by atoms with van der Waals surface area (Å²) in [6.45, 7) is 0. The van der Waals surface area contributed by atoms with E-state index < -0.39 is 11.9 Å². The Morgan fingerprint density at radius 3 is 1.88 bits per heavy atom. The fourth-order valence-corrected chi connectivity index (χ4v) is 1.70. The summed E-state index contributed by atoms with van der Waals surface area (Å²) in [5.41, 5.74) is 17.0. The van der Waals surface area contributed by atoms with Gasteiger partial charge in [-0.05, 0) is 30.3 Å². The number of rotatable bonds is 4. The number of nitrogens with one attached hydrogen (secondary N) is 3. The molecule has 0 aliphatic rings. The van der Waals surface area contributed by atoms with Gasteiger partial charge in [-0.15, -0.1) is 0 Å². The highest BCUT2D eigenvalue weighted by atomic mass is 16.4. The number of carbonyl (C=O) groups excluding carboxylic acids is 1. The quantitative estimate of drug-likeness (QED) is 0.316. The third-order valence-corrected chi connectivity index (χ3v) is 2.87. The monoisotopic (exact) mass is 342 g/mol. The zero-order chi connectivity index (χ0) is 19.0. The number of anilines is 1. The zero-order valence-corrected chi connectivity index (χ0v) is 13.1. The van der Waals surface area contributed by atoms with Crippen LogP contribution in [0.25, 0.3) is 0 Å². The van der Waals surface area contributed by atoms with E-state index in [-0.39, 0.29) is 17.4 Å². The van der Waals surface area contributed by atoms with Crippen LogP contribution in [0, 0.1) is 10.8 Å². The highest BCUT2D eigenvalue weighted by Crippen LogP contribution is 2.09. The van der Waals surface area contributed by atoms with E-state index in [1.807, 2.05) is 0 Å². The summed E-state index contributed by atoms with van der Waals surface area (Å²) in [7, 11) is 0. The molecule has 9 heteroatoms. The second kappa shape index (κ2) is 8.67. The normalized spacial score (nSPS) is 9.28. The maximum absolute atomic E-state index is 10.6. The first kappa shape index (κ1) is 19.2. The first-order chi connectivity index (χ1) is 11.7. The van der Waals surface area contributed by atoms with Gasteiger partial charge in [0.1, 0.15) is 5.84 Å². The van der Waals surface area contributed by atoms with Crippen molar-refractivity contribution < 1.29 is 14.7 Å². The Hall–Kier alpha value is -3.88. The average molecular weight is 342 g/mol. The lowest BCUT2D eigenvalue weighted by atomic mass is 10.1. The fourth-order valence-electron chi connectivity index (χ4n) is 1.70. The van der Waals surface area contributed by atoms with Crippen molar-refractivity contribution in [3.05, 3.63) is 65.2 Å². The zero-order valence-electron chi connectivity index (χ0n) is 13.1. The summed E-state index contributed by atoms with van der Waals surface area (Å²) in [5.74, 6) is -1.73. The van der Waals surface area contributed by atoms with E-state index in [1.54, 1.807) is 36.4 Å². The van der Waals surface area contributed by atoms with Crippen molar-refractivity contribution in [3.8, 4) is 0 Å². The summed E-state index contributed by atoms with van der Waals surface area (Å²) in [6.07, 6.45) is 0. The van der Waals surface area contributed by atoms with Crippen molar-refractivity contribution in [2.75, 3.05) is 5.32 Å². The Labute approximate surface area is 143 Å². The molecule has 0 saturated carbocycles. The maximum Gasteiger partial charge on any atom is 0.335 e. The molecule has 0 atom stereocenters. The molecular weight excluding hydrogens is 324 g/mol. The van der Waals surface area contributed by atoms with Gasteiger partial charge in [0.05, 0.1) is 5.56 Å². The number of carboxylic acid groups (broad SMARTS) is 1. The molecule has 0 fully saturated rings. The molecule has 1 amide bonds. The van der Waals surface area contributed by atoms with Gasteiger partial charge in [0.15, 0.2) is 5.96 Å². The molecule has 0 saturated heterocycles. The summed E-state index contributed by atoms with van der Waals surface area (Å²) in [6, 6.07) is 12.3. The molecule has 0 radical (unpaired) electrons. The molecule has 0 bridgehead atoms. The number of nitrogen functional groups attached to an aromatic ring is 1. The van der Waals surface area contributed by atoms with E-state index in [9.17, 15) is 9.59 Å². The van der Waals surface area contributed by atoms with Crippen molar-refractivity contribution in [3.63, 3.8) is 0 Å². The molecule has 0 aromatic heterocycles. The second-order valence-corrected chi connectivity index (χ2v) is 4.78. The van der Waals surface area contributed by atoms with Crippen LogP contribution in [0.2, 0.25) is 0 Å². The second-order valence-electron chi connectivity index (χ2n) is 4.78. The number of aromatic carboxylic acids is 1. The first-order valence-electron chi connectivity index (χ1n) is 6.89. The van der Waals surface area contributed by atoms with Gasteiger partial charge >= 0.3 is 5.97 Å². The SMILES string of the molecule is N=C(N)Nc1cccc(C(=O)O)c1.N=C(N)c1ccc(C(N)=O)cc1. The molecule has 2 aromatic rings. The van der Waals surface area contributed by atoms with Crippen molar-refractivity contribution >= 4 is 29.4 Å². The lowest BCUT2D eigenvalue weighted by Crippen LogP contribution is -2.20. The molecule has 2 aromatic carbocycles. The van der Waals surface area contributed by atoms with Gasteiger partial charge in [0.2, 0.25) is 5.91 Å². The Morgan fingerprint density at radius 1 is 0.880 bits per heavy atom. The van der Waals surface area contributed by atoms with Gasteiger partial charge in [0, 0.05) is 16.8 Å². The largest absolute Gasteiger partial charge is 0.478 e. The van der Waals surface area contributed by atoms with Crippen LogP contribution in [-0.4, -0.2) is 28.8 Å². The number of amides is 1. The van der Waals surface area contributed by atoms with Crippen molar-refractivity contribution in [2.24, 2.45) is 17.2 Å². The standard InChI is InChI=1S/C8H9N3O2.C8H9N3O/c9-8(10)11-6-3-1-2-5(4-6)7(12)13;9-7(10)5-1-3-6(4-2-5)8(11)12/h1-4H,(H,12,13)(H4,9,10,11);1-4H,(H3,9,10)(H2,11,12). The van der Waals surface area contributed by atoms with E-state index in [0.29, 0.717) is 16.8 Å². The molecule has 0 heterocycles. The lowest BCUT2D eigenvalue weighted by molar-refractivity contribution is 0.0696. The summed E-state index contributed by atoms with van der Waals surface area (Å²) in [4.78, 5) is 21.1. The first-order valence-corrected chi connectivity index (χ1v) is 6.89. The Morgan fingerprint density at radius 2 is 1.44 bits per heavy atom. The molecular formula is C16H18N6O3. The summed E-state index contributed by atoms with van der Waals surface area (Å²) < 4.78 is 0. The van der Waals surface area contributed by atoms with Crippen LogP contribution in [0.1, 0.15) is 26.3 Å². The van der Waals surface area contributed by atoms with Crippen LogP contribution in [-0.2, 0) is 0 Å². The molecule has 9 nitrogen and oxygen atoms in total. The number of carbonyl (C=O) groups is 2. The van der Waals surface area contributed by atoms with E-state index in [1.165, 1.54) is 12.1 Å². The topological polar surface area (TPSA) is 192 Å². The van der Waals surface area contributed by atoms with Gasteiger partial charge in [-0.25, -0.2) is 4.79 Å². The van der Waals surface area contributed by atoms with E-state index in [0.717, 1.165) is 0 Å². The summed E-state index contributed by atoms with van der Waals surface area (Å²) in [5, 5.41) is 25.1. The third kappa shape index (κ3) is 6.40. The highest BCUT2D eigenvalue weighted by Gasteiger charge is 2.02. The van der Waals surface area contributed by atoms with Gasteiger partial charge in [-0.2, -0.15) is 0 Å². The Balaban J connectivity index is 0.000000251. The predicted octanol–water partition coefficient (Wildman–Crippen LogP) is 0.760. The molecule has 0 unspecified atom stereocenters. The fraction of sp³-hybridized carbons (Fsp3) is 0. The Kier molecular flexibility index (Phi) is 6.65. The van der Waals surface area contributed by atoms with E-state index >= 15 is 0 Å². The number of amidine groups is 1. The lowest BCUT2D eigenvalue weighted by Gasteiger charge is -2.03. The molecule has 0 aliphatic carbocycles. The molecule has 25 heavy (non-hydrogen) atoms. The number of hydrogen-bond donors (Lipinski definition) is 7. The molecule has 0 aliphatic heterocycles. The van der Waals surface area contributed by atoms with Gasteiger partial charge in [-0.3, -0.25) is 15.6 Å². The molecule has 130 valence electrons. The molecule has 0 spiro atoms. The van der Waals surface area contributed by atoms with Crippen molar-refractivity contribution in [2.45, 2.75) is 0 Å². The number of guanidine groups is 1. The third-order valence-electron chi connectivity index (χ3n) is 2.87. The average Bonchev–Trinajstić information content (AvgIpc) is 2.55. The molecule has 10 N–H and O–H groups in total. The van der Waals surface area contributed by atoms with E-state index in [2.05, 4.69) is 5.32 Å². The molecule has 2 rings (SSSR count). The number of benzene rings is 2. The number of carboxylic acids is 1. The number of hydrogen-bond acceptors (Lipinski definition) is 4. The van der Waals surface area contributed by atoms with Gasteiger partial charge < -0.3 is 27.6 Å². The maximum atomic E-state index is 10.6. The smallest absolute Gasteiger partial charge is 0.335 e. The van der Waals surface area contributed by atoms with Crippen LogP contribution in [0.5, 0.6) is 0 Å². The highest BCUT2D eigenvalue weighted by molar-refractivity contribution is 5.97. The van der Waals surface area contributed by atoms with E-state index in [4.69, 9.17) is 33.1 Å². The number of nitrogens with two attached hydrogens (primary N) is 3.